The van der Waals surface area contributed by atoms with E-state index in [1.54, 1.807) is 17.8 Å². The molecule has 0 aromatic carbocycles. The van der Waals surface area contributed by atoms with Crippen molar-refractivity contribution in [2.75, 3.05) is 40.0 Å². The summed E-state index contributed by atoms with van der Waals surface area (Å²) in [4.78, 5) is 29.8. The van der Waals surface area contributed by atoms with Gasteiger partial charge in [0.05, 0.1) is 12.1 Å². The van der Waals surface area contributed by atoms with Crippen LogP contribution < -0.4 is 11.3 Å². The molecule has 3 rings (SSSR count). The van der Waals surface area contributed by atoms with E-state index in [0.717, 1.165) is 18.7 Å². The zero-order valence-electron chi connectivity index (χ0n) is 17.8. The molecule has 2 bridgehead atoms. The van der Waals surface area contributed by atoms with Crippen LogP contribution >= 0.6 is 36.6 Å². The first-order chi connectivity index (χ1) is 12.7. The second-order valence-electron chi connectivity index (χ2n) is 8.71. The third-order valence-corrected chi connectivity index (χ3v) is 7.51. The van der Waals surface area contributed by atoms with E-state index in [2.05, 4.69) is 4.90 Å². The van der Waals surface area contributed by atoms with E-state index in [-0.39, 0.29) is 58.9 Å². The first-order valence-electron chi connectivity index (χ1n) is 9.61. The van der Waals surface area contributed by atoms with E-state index < -0.39 is 6.04 Å². The highest BCUT2D eigenvalue weighted by molar-refractivity contribution is 8.00. The molecule has 1 fully saturated rings. The molecular weight excluding hydrogens is 431 g/mol. The van der Waals surface area contributed by atoms with Crippen LogP contribution in [0.3, 0.4) is 0 Å². The zero-order chi connectivity index (χ0) is 19.9. The second-order valence-corrected chi connectivity index (χ2v) is 10.2. The summed E-state index contributed by atoms with van der Waals surface area (Å²) in [7, 11) is 4.06. The molecule has 2 N–H and O–H groups in total. The van der Waals surface area contributed by atoms with Crippen molar-refractivity contribution in [1.82, 2.24) is 14.4 Å². The summed E-state index contributed by atoms with van der Waals surface area (Å²) in [6, 6.07) is 5.08. The molecule has 1 aromatic heterocycles. The number of amides is 1. The van der Waals surface area contributed by atoms with Crippen molar-refractivity contribution >= 4 is 42.5 Å². The average molecular weight is 465 g/mol. The number of aromatic nitrogens is 1. The predicted octanol–water partition coefficient (Wildman–Crippen LogP) is 2.21. The summed E-state index contributed by atoms with van der Waals surface area (Å²) in [6.45, 7) is 6.15. The minimum atomic E-state index is -0.531. The van der Waals surface area contributed by atoms with Gasteiger partial charge in [-0.25, -0.2) is 0 Å². The van der Waals surface area contributed by atoms with Gasteiger partial charge in [0, 0.05) is 42.1 Å². The molecule has 1 amide bonds. The van der Waals surface area contributed by atoms with Gasteiger partial charge in [-0.2, -0.15) is 11.8 Å². The molecule has 1 saturated heterocycles. The fourth-order valence-electron chi connectivity index (χ4n) is 4.45. The molecule has 0 radical (unpaired) electrons. The number of nitrogens with two attached hydrogens (primary N) is 1. The highest BCUT2D eigenvalue weighted by atomic mass is 35.5. The largest absolute Gasteiger partial charge is 0.340 e. The zero-order valence-corrected chi connectivity index (χ0v) is 20.3. The fraction of sp³-hybridized carbons (Fsp3) is 0.700. The quantitative estimate of drug-likeness (QED) is 0.722. The summed E-state index contributed by atoms with van der Waals surface area (Å²) in [6.07, 6.45) is 3.01. The molecule has 0 unspecified atom stereocenters. The Kier molecular flexibility index (Phi) is 9.12. The maximum absolute atomic E-state index is 13.2. The van der Waals surface area contributed by atoms with Crippen LogP contribution in [0.1, 0.15) is 37.9 Å². The van der Waals surface area contributed by atoms with Gasteiger partial charge in [0.1, 0.15) is 0 Å². The van der Waals surface area contributed by atoms with Crippen LogP contribution in [0.25, 0.3) is 0 Å². The topological polar surface area (TPSA) is 71.6 Å². The van der Waals surface area contributed by atoms with Crippen molar-refractivity contribution in [2.45, 2.75) is 43.0 Å². The van der Waals surface area contributed by atoms with Crippen molar-refractivity contribution < 1.29 is 4.79 Å². The summed E-state index contributed by atoms with van der Waals surface area (Å²) in [5, 5.41) is 0. The maximum atomic E-state index is 13.2. The Morgan fingerprint density at radius 3 is 2.55 bits per heavy atom. The minimum absolute atomic E-state index is 0. The minimum Gasteiger partial charge on any atom is -0.340 e. The summed E-state index contributed by atoms with van der Waals surface area (Å²) in [5.74, 6) is 0.497. The van der Waals surface area contributed by atoms with Gasteiger partial charge in [-0.05, 0) is 52.6 Å². The Balaban J connectivity index is 0.00000210. The number of likely N-dealkylation sites (N-methyl/N-ethyl adjacent to an activating group) is 1. The first kappa shape index (κ1) is 26.3. The number of fused-ring (bicyclic) bond motifs is 4. The molecule has 4 atom stereocenters. The van der Waals surface area contributed by atoms with E-state index in [0.29, 0.717) is 13.1 Å². The van der Waals surface area contributed by atoms with Crippen LogP contribution in [0.5, 0.6) is 0 Å². The van der Waals surface area contributed by atoms with Crippen LogP contribution in [-0.2, 0) is 4.79 Å². The Labute approximate surface area is 190 Å². The predicted molar refractivity (Wildman–Crippen MR) is 126 cm³/mol. The molecule has 29 heavy (non-hydrogen) atoms. The van der Waals surface area contributed by atoms with Crippen molar-refractivity contribution in [3.05, 3.63) is 34.2 Å². The van der Waals surface area contributed by atoms with Gasteiger partial charge >= 0.3 is 0 Å². The van der Waals surface area contributed by atoms with Crippen LogP contribution in [0.2, 0.25) is 0 Å². The fourth-order valence-corrected chi connectivity index (χ4v) is 4.81. The maximum Gasteiger partial charge on any atom is 0.251 e. The first-order valence-corrected chi connectivity index (χ1v) is 10.8. The van der Waals surface area contributed by atoms with Crippen LogP contribution in [-0.4, -0.2) is 71.0 Å². The lowest BCUT2D eigenvalue weighted by molar-refractivity contribution is -0.136. The lowest BCUT2D eigenvalue weighted by atomic mass is 9.78. The van der Waals surface area contributed by atoms with E-state index >= 15 is 0 Å². The highest BCUT2D eigenvalue weighted by Gasteiger charge is 2.44. The molecule has 0 aliphatic carbocycles. The lowest BCUT2D eigenvalue weighted by Gasteiger charge is -2.48. The number of halogens is 2. The highest BCUT2D eigenvalue weighted by Crippen LogP contribution is 2.41. The van der Waals surface area contributed by atoms with Crippen LogP contribution in [0.15, 0.2) is 23.0 Å². The summed E-state index contributed by atoms with van der Waals surface area (Å²) >= 11 is 1.62. The number of hydrogen-bond acceptors (Lipinski definition) is 5. The molecular formula is C20H34Cl2N4O2S. The normalized spacial score (nSPS) is 24.2. The van der Waals surface area contributed by atoms with E-state index in [1.165, 1.54) is 0 Å². The summed E-state index contributed by atoms with van der Waals surface area (Å²) < 4.78 is 1.67. The molecule has 0 saturated carbocycles. The van der Waals surface area contributed by atoms with Crippen molar-refractivity contribution in [3.63, 3.8) is 0 Å². The van der Waals surface area contributed by atoms with Gasteiger partial charge in [0.25, 0.3) is 5.56 Å². The number of hydrogen-bond donors (Lipinski definition) is 1. The van der Waals surface area contributed by atoms with Crippen molar-refractivity contribution in [2.24, 2.45) is 11.7 Å². The number of thioether (sulfide) groups is 1. The van der Waals surface area contributed by atoms with E-state index in [1.807, 2.05) is 55.8 Å². The standard InChI is InChI=1S/C20H32N4O2S.2ClH/c1-20(2,27-5)18(21)19(26)23-10-13-9-14(11-23)16(12-22(3)4)24-15(13)7-6-8-17(24)25;;/h6-8,13-14,16,18H,9-12,21H2,1-5H3;2*1H/t13-,14+,16+,18-;;/m1../s1. The monoisotopic (exact) mass is 464 g/mol. The smallest absolute Gasteiger partial charge is 0.251 e. The Morgan fingerprint density at radius 1 is 1.31 bits per heavy atom. The number of likely N-dealkylation sites (tertiary alicyclic amines) is 1. The van der Waals surface area contributed by atoms with Gasteiger partial charge in [0.2, 0.25) is 5.91 Å². The van der Waals surface area contributed by atoms with Gasteiger partial charge < -0.3 is 20.1 Å². The van der Waals surface area contributed by atoms with Gasteiger partial charge in [-0.1, -0.05) is 6.07 Å². The Bertz CT molecular complexity index is 771. The number of piperidine rings is 1. The lowest BCUT2D eigenvalue weighted by Crippen LogP contribution is -2.58. The van der Waals surface area contributed by atoms with Gasteiger partial charge in [-0.3, -0.25) is 9.59 Å². The molecule has 2 aliphatic heterocycles. The summed E-state index contributed by atoms with van der Waals surface area (Å²) in [5.41, 5.74) is 7.47. The van der Waals surface area contributed by atoms with Gasteiger partial charge in [0.15, 0.2) is 0 Å². The third kappa shape index (κ3) is 5.13. The van der Waals surface area contributed by atoms with Crippen LogP contribution in [0, 0.1) is 5.92 Å². The van der Waals surface area contributed by atoms with Gasteiger partial charge in [-0.15, -0.1) is 24.8 Å². The Morgan fingerprint density at radius 2 is 1.97 bits per heavy atom. The SMILES string of the molecule is CSC(C)(C)[C@H](N)C(=O)N1C[C@H]2C[C@@H](C1)[C@H](CN(C)C)n1c2cccc1=O.Cl.Cl. The molecule has 6 nitrogen and oxygen atoms in total. The number of pyridine rings is 1. The Hall–Kier alpha value is -0.730. The number of rotatable bonds is 5. The van der Waals surface area contributed by atoms with Crippen LogP contribution in [0.4, 0.5) is 0 Å². The van der Waals surface area contributed by atoms with Crippen molar-refractivity contribution in [3.8, 4) is 0 Å². The third-order valence-electron chi connectivity index (χ3n) is 6.20. The average Bonchev–Trinajstić information content (AvgIpc) is 2.63. The molecule has 3 heterocycles. The number of carbonyl (C=O) groups is 1. The molecule has 1 aromatic rings. The molecule has 2 aliphatic rings. The second kappa shape index (κ2) is 10.1. The molecule has 0 spiro atoms. The van der Waals surface area contributed by atoms with E-state index in [9.17, 15) is 9.59 Å². The number of nitrogens with zero attached hydrogens (tertiary/aromatic N) is 3. The van der Waals surface area contributed by atoms with Crippen molar-refractivity contribution in [1.29, 1.82) is 0 Å². The van der Waals surface area contributed by atoms with E-state index in [4.69, 9.17) is 5.73 Å². The number of carbonyl (C=O) groups excluding carboxylic acids is 1. The molecule has 166 valence electrons. The molecule has 9 heteroatoms.